The predicted molar refractivity (Wildman–Crippen MR) is 65.5 cm³/mol. The first kappa shape index (κ1) is 11.2. The molecule has 0 spiro atoms. The Morgan fingerprint density at radius 2 is 1.76 bits per heavy atom. The van der Waals surface area contributed by atoms with Gasteiger partial charge in [-0.05, 0) is 23.3 Å². The Hall–Kier alpha value is -2.29. The summed E-state index contributed by atoms with van der Waals surface area (Å²) in [4.78, 5) is 10.5. The highest BCUT2D eigenvalue weighted by atomic mass is 16.5. The van der Waals surface area contributed by atoms with Gasteiger partial charge in [0.05, 0.1) is 7.11 Å². The molecular weight excluding hydrogens is 216 g/mol. The maximum atomic E-state index is 10.5. The minimum Gasteiger partial charge on any atom is -0.508 e. The molecule has 0 heterocycles. The van der Waals surface area contributed by atoms with Crippen LogP contribution in [-0.2, 0) is 0 Å². The molecule has 0 unspecified atom stereocenters. The summed E-state index contributed by atoms with van der Waals surface area (Å²) in [6.45, 7) is 0. The van der Waals surface area contributed by atoms with Gasteiger partial charge in [-0.2, -0.15) is 0 Å². The van der Waals surface area contributed by atoms with E-state index in [2.05, 4.69) is 0 Å². The molecule has 0 aliphatic heterocycles. The van der Waals surface area contributed by atoms with E-state index in [4.69, 9.17) is 4.74 Å². The molecule has 2 aromatic carbocycles. The molecule has 0 saturated heterocycles. The van der Waals surface area contributed by atoms with Gasteiger partial charge < -0.3 is 9.84 Å². The average Bonchev–Trinajstić information content (AvgIpc) is 2.38. The minimum absolute atomic E-state index is 0.152. The van der Waals surface area contributed by atoms with Gasteiger partial charge in [0.25, 0.3) is 0 Å². The van der Waals surface area contributed by atoms with Crippen LogP contribution < -0.4 is 4.74 Å². The topological polar surface area (TPSA) is 46.5 Å². The molecule has 3 heteroatoms. The maximum Gasteiger partial charge on any atom is 0.150 e. The average molecular weight is 228 g/mol. The SMILES string of the molecule is COc1cc(O)cc(-c2ccc(C=O)cc2)c1. The van der Waals surface area contributed by atoms with Crippen LogP contribution >= 0.6 is 0 Å². The van der Waals surface area contributed by atoms with Gasteiger partial charge in [-0.3, -0.25) is 4.79 Å². The van der Waals surface area contributed by atoms with Crippen LogP contribution in [0.1, 0.15) is 10.4 Å². The van der Waals surface area contributed by atoms with Crippen molar-refractivity contribution in [2.24, 2.45) is 0 Å². The van der Waals surface area contributed by atoms with Gasteiger partial charge >= 0.3 is 0 Å². The molecule has 0 saturated carbocycles. The van der Waals surface area contributed by atoms with Gasteiger partial charge in [0.1, 0.15) is 17.8 Å². The lowest BCUT2D eigenvalue weighted by Gasteiger charge is -2.06. The van der Waals surface area contributed by atoms with Crippen molar-refractivity contribution in [3.05, 3.63) is 48.0 Å². The molecule has 2 aromatic rings. The quantitative estimate of drug-likeness (QED) is 0.821. The fourth-order valence-corrected chi connectivity index (χ4v) is 1.62. The minimum atomic E-state index is 0.152. The van der Waals surface area contributed by atoms with E-state index in [1.807, 2.05) is 18.2 Å². The number of hydrogen-bond acceptors (Lipinski definition) is 3. The normalized spacial score (nSPS) is 9.94. The van der Waals surface area contributed by atoms with E-state index in [1.54, 1.807) is 31.4 Å². The third kappa shape index (κ3) is 2.45. The van der Waals surface area contributed by atoms with E-state index in [0.717, 1.165) is 17.4 Å². The Morgan fingerprint density at radius 1 is 1.06 bits per heavy atom. The number of hydrogen-bond donors (Lipinski definition) is 1. The van der Waals surface area contributed by atoms with Crippen LogP contribution in [0, 0.1) is 0 Å². The van der Waals surface area contributed by atoms with Crippen molar-refractivity contribution in [1.29, 1.82) is 0 Å². The van der Waals surface area contributed by atoms with E-state index in [0.29, 0.717) is 11.3 Å². The molecule has 1 N–H and O–H groups in total. The Labute approximate surface area is 99.3 Å². The van der Waals surface area contributed by atoms with E-state index in [1.165, 1.54) is 0 Å². The number of phenolic OH excluding ortho intramolecular Hbond substituents is 1. The first-order chi connectivity index (χ1) is 8.22. The smallest absolute Gasteiger partial charge is 0.150 e. The molecule has 0 aromatic heterocycles. The number of carbonyl (C=O) groups is 1. The zero-order chi connectivity index (χ0) is 12.3. The lowest BCUT2D eigenvalue weighted by Crippen LogP contribution is -1.85. The number of carbonyl (C=O) groups excluding carboxylic acids is 1. The Balaban J connectivity index is 2.44. The molecule has 2 rings (SSSR count). The Morgan fingerprint density at radius 3 is 2.35 bits per heavy atom. The van der Waals surface area contributed by atoms with Crippen molar-refractivity contribution < 1.29 is 14.6 Å². The van der Waals surface area contributed by atoms with Crippen LogP contribution in [0.5, 0.6) is 11.5 Å². The number of ether oxygens (including phenoxy) is 1. The fraction of sp³-hybridized carbons (Fsp3) is 0.0714. The van der Waals surface area contributed by atoms with Crippen molar-refractivity contribution in [2.45, 2.75) is 0 Å². The van der Waals surface area contributed by atoms with Crippen molar-refractivity contribution >= 4 is 6.29 Å². The number of benzene rings is 2. The Kier molecular flexibility index (Phi) is 3.10. The van der Waals surface area contributed by atoms with Gasteiger partial charge in [-0.25, -0.2) is 0 Å². The summed E-state index contributed by atoms with van der Waals surface area (Å²) in [5.41, 5.74) is 2.39. The summed E-state index contributed by atoms with van der Waals surface area (Å²) in [6.07, 6.45) is 0.798. The van der Waals surface area contributed by atoms with Gasteiger partial charge in [-0.15, -0.1) is 0 Å². The van der Waals surface area contributed by atoms with Crippen LogP contribution in [0.2, 0.25) is 0 Å². The van der Waals surface area contributed by atoms with Crippen molar-refractivity contribution in [1.82, 2.24) is 0 Å². The molecule has 3 nitrogen and oxygen atoms in total. The summed E-state index contributed by atoms with van der Waals surface area (Å²) in [7, 11) is 1.55. The van der Waals surface area contributed by atoms with Crippen LogP contribution in [0.4, 0.5) is 0 Å². The van der Waals surface area contributed by atoms with Crippen molar-refractivity contribution in [2.75, 3.05) is 7.11 Å². The number of rotatable bonds is 3. The number of aldehydes is 1. The molecule has 0 fully saturated rings. The Bertz CT molecular complexity index is 530. The van der Waals surface area contributed by atoms with E-state index in [-0.39, 0.29) is 5.75 Å². The molecule has 0 atom stereocenters. The van der Waals surface area contributed by atoms with Crippen LogP contribution in [0.3, 0.4) is 0 Å². The third-order valence-electron chi connectivity index (χ3n) is 2.51. The van der Waals surface area contributed by atoms with Crippen LogP contribution in [0.15, 0.2) is 42.5 Å². The molecule has 17 heavy (non-hydrogen) atoms. The highest BCUT2D eigenvalue weighted by Crippen LogP contribution is 2.29. The summed E-state index contributed by atoms with van der Waals surface area (Å²) < 4.78 is 5.09. The number of methoxy groups -OCH3 is 1. The third-order valence-corrected chi connectivity index (χ3v) is 2.51. The molecule has 0 bridgehead atoms. The molecule has 86 valence electrons. The van der Waals surface area contributed by atoms with Gasteiger partial charge in [0.15, 0.2) is 0 Å². The maximum absolute atomic E-state index is 10.5. The summed E-state index contributed by atoms with van der Waals surface area (Å²) in [5, 5.41) is 9.55. The predicted octanol–water partition coefficient (Wildman–Crippen LogP) is 2.88. The first-order valence-electron chi connectivity index (χ1n) is 5.16. The summed E-state index contributed by atoms with van der Waals surface area (Å²) in [6, 6.07) is 12.2. The number of aromatic hydroxyl groups is 1. The molecule has 0 radical (unpaired) electrons. The van der Waals surface area contributed by atoms with Crippen LogP contribution in [0.25, 0.3) is 11.1 Å². The van der Waals surface area contributed by atoms with Gasteiger partial charge in [0, 0.05) is 11.6 Å². The lowest BCUT2D eigenvalue weighted by atomic mass is 10.0. The zero-order valence-electron chi connectivity index (χ0n) is 9.38. The van der Waals surface area contributed by atoms with Gasteiger partial charge in [0.2, 0.25) is 0 Å². The first-order valence-corrected chi connectivity index (χ1v) is 5.16. The molecule has 0 amide bonds. The summed E-state index contributed by atoms with van der Waals surface area (Å²) in [5.74, 6) is 0.748. The zero-order valence-corrected chi connectivity index (χ0v) is 9.38. The second-order valence-electron chi connectivity index (χ2n) is 3.66. The standard InChI is InChI=1S/C14H12O3/c1-17-14-7-12(6-13(16)8-14)11-4-2-10(9-15)3-5-11/h2-9,16H,1H3. The van der Waals surface area contributed by atoms with Crippen molar-refractivity contribution in [3.63, 3.8) is 0 Å². The molecular formula is C14H12O3. The highest BCUT2D eigenvalue weighted by Gasteiger charge is 2.03. The van der Waals surface area contributed by atoms with Gasteiger partial charge in [-0.1, -0.05) is 24.3 Å². The van der Waals surface area contributed by atoms with Crippen molar-refractivity contribution in [3.8, 4) is 22.6 Å². The molecule has 0 aliphatic carbocycles. The largest absolute Gasteiger partial charge is 0.508 e. The second kappa shape index (κ2) is 4.70. The second-order valence-corrected chi connectivity index (χ2v) is 3.66. The lowest BCUT2D eigenvalue weighted by molar-refractivity contribution is 0.112. The fourth-order valence-electron chi connectivity index (χ4n) is 1.62. The monoisotopic (exact) mass is 228 g/mol. The van der Waals surface area contributed by atoms with E-state index in [9.17, 15) is 9.90 Å². The summed E-state index contributed by atoms with van der Waals surface area (Å²) >= 11 is 0. The number of phenols is 1. The van der Waals surface area contributed by atoms with E-state index >= 15 is 0 Å². The highest BCUT2D eigenvalue weighted by molar-refractivity contribution is 5.77. The van der Waals surface area contributed by atoms with Crippen LogP contribution in [-0.4, -0.2) is 18.5 Å². The molecule has 0 aliphatic rings. The van der Waals surface area contributed by atoms with E-state index < -0.39 is 0 Å².